The van der Waals surface area contributed by atoms with Gasteiger partial charge in [-0.1, -0.05) is 35.0 Å². The zero-order chi connectivity index (χ0) is 12.8. The molecule has 0 spiro atoms. The first-order chi connectivity index (χ1) is 8.79. The third kappa shape index (κ3) is 3.68. The van der Waals surface area contributed by atoms with Gasteiger partial charge in [0, 0.05) is 23.0 Å². The van der Waals surface area contributed by atoms with E-state index in [2.05, 4.69) is 33.2 Å². The predicted molar refractivity (Wildman–Crippen MR) is 76.5 cm³/mol. The number of nitrogens with one attached hydrogen (secondary N) is 1. The standard InChI is InChI=1S/C14H17BrN2O/c1-2-7-16-8-6-14-17-10-13(18-14)11-4-3-5-12(15)9-11/h3-5,9-10,16H,2,6-8H2,1H3. The van der Waals surface area contributed by atoms with Gasteiger partial charge in [0.25, 0.3) is 0 Å². The summed E-state index contributed by atoms with van der Waals surface area (Å²) in [5.41, 5.74) is 1.05. The molecule has 0 radical (unpaired) electrons. The van der Waals surface area contributed by atoms with Crippen LogP contribution in [-0.2, 0) is 6.42 Å². The van der Waals surface area contributed by atoms with Crippen molar-refractivity contribution < 1.29 is 4.42 Å². The zero-order valence-corrected chi connectivity index (χ0v) is 12.0. The maximum Gasteiger partial charge on any atom is 0.196 e. The lowest BCUT2D eigenvalue weighted by Crippen LogP contribution is -2.17. The van der Waals surface area contributed by atoms with Crippen LogP contribution in [0, 0.1) is 0 Å². The lowest BCUT2D eigenvalue weighted by Gasteiger charge is -1.99. The Labute approximate surface area is 116 Å². The number of rotatable bonds is 6. The number of hydrogen-bond acceptors (Lipinski definition) is 3. The number of aromatic nitrogens is 1. The molecule has 0 atom stereocenters. The number of nitrogens with zero attached hydrogens (tertiary/aromatic N) is 1. The molecule has 4 heteroatoms. The fraction of sp³-hybridized carbons (Fsp3) is 0.357. The van der Waals surface area contributed by atoms with E-state index in [4.69, 9.17) is 4.42 Å². The maximum absolute atomic E-state index is 5.73. The van der Waals surface area contributed by atoms with Gasteiger partial charge in [-0.25, -0.2) is 4.98 Å². The highest BCUT2D eigenvalue weighted by molar-refractivity contribution is 9.10. The summed E-state index contributed by atoms with van der Waals surface area (Å²) in [6, 6.07) is 8.03. The fourth-order valence-electron chi connectivity index (χ4n) is 1.70. The van der Waals surface area contributed by atoms with Crippen LogP contribution in [0.3, 0.4) is 0 Å². The molecule has 2 aromatic rings. The minimum absolute atomic E-state index is 0.786. The lowest BCUT2D eigenvalue weighted by atomic mass is 10.2. The summed E-state index contributed by atoms with van der Waals surface area (Å²) in [6.45, 7) is 4.11. The van der Waals surface area contributed by atoms with E-state index in [1.165, 1.54) is 0 Å². The molecular weight excluding hydrogens is 292 g/mol. The first kappa shape index (κ1) is 13.3. The molecule has 0 aliphatic carbocycles. The van der Waals surface area contributed by atoms with E-state index in [1.807, 2.05) is 24.3 Å². The Bertz CT molecular complexity index is 496. The third-order valence-electron chi connectivity index (χ3n) is 2.61. The topological polar surface area (TPSA) is 38.1 Å². The Morgan fingerprint density at radius 1 is 1.33 bits per heavy atom. The molecule has 18 heavy (non-hydrogen) atoms. The van der Waals surface area contributed by atoms with Crippen molar-refractivity contribution in [2.75, 3.05) is 13.1 Å². The molecule has 3 nitrogen and oxygen atoms in total. The predicted octanol–water partition coefficient (Wildman–Crippen LogP) is 3.65. The molecule has 2 rings (SSSR count). The van der Waals surface area contributed by atoms with Gasteiger partial charge in [-0.15, -0.1) is 0 Å². The van der Waals surface area contributed by atoms with Gasteiger partial charge in [-0.2, -0.15) is 0 Å². The third-order valence-corrected chi connectivity index (χ3v) is 3.10. The van der Waals surface area contributed by atoms with E-state index in [0.717, 1.165) is 47.6 Å². The number of hydrogen-bond donors (Lipinski definition) is 1. The molecule has 0 bridgehead atoms. The highest BCUT2D eigenvalue weighted by Gasteiger charge is 2.06. The summed E-state index contributed by atoms with van der Waals surface area (Å²) in [5.74, 6) is 1.61. The smallest absolute Gasteiger partial charge is 0.196 e. The minimum atomic E-state index is 0.786. The van der Waals surface area contributed by atoms with Crippen molar-refractivity contribution in [3.63, 3.8) is 0 Å². The molecule has 0 saturated carbocycles. The summed E-state index contributed by atoms with van der Waals surface area (Å²) in [4.78, 5) is 4.30. The van der Waals surface area contributed by atoms with Crippen molar-refractivity contribution in [2.45, 2.75) is 19.8 Å². The fourth-order valence-corrected chi connectivity index (χ4v) is 2.10. The van der Waals surface area contributed by atoms with Gasteiger partial charge < -0.3 is 9.73 Å². The van der Waals surface area contributed by atoms with E-state index in [1.54, 1.807) is 6.20 Å². The molecule has 1 N–H and O–H groups in total. The van der Waals surface area contributed by atoms with Crippen LogP contribution in [0.1, 0.15) is 19.2 Å². The van der Waals surface area contributed by atoms with Crippen LogP contribution in [0.15, 0.2) is 39.4 Å². The molecule has 0 unspecified atom stereocenters. The molecule has 0 saturated heterocycles. The van der Waals surface area contributed by atoms with Crippen LogP contribution in [0.4, 0.5) is 0 Å². The van der Waals surface area contributed by atoms with E-state index in [9.17, 15) is 0 Å². The SMILES string of the molecule is CCCNCCc1ncc(-c2cccc(Br)c2)o1. The molecule has 0 amide bonds. The van der Waals surface area contributed by atoms with Crippen LogP contribution in [0.2, 0.25) is 0 Å². The van der Waals surface area contributed by atoms with Crippen LogP contribution in [0.5, 0.6) is 0 Å². The summed E-state index contributed by atoms with van der Waals surface area (Å²) in [5, 5.41) is 3.33. The highest BCUT2D eigenvalue weighted by atomic mass is 79.9. The van der Waals surface area contributed by atoms with Gasteiger partial charge in [0.05, 0.1) is 6.20 Å². The zero-order valence-electron chi connectivity index (χ0n) is 10.4. The summed E-state index contributed by atoms with van der Waals surface area (Å²) in [7, 11) is 0. The number of oxazole rings is 1. The van der Waals surface area contributed by atoms with Gasteiger partial charge in [-0.05, 0) is 25.1 Å². The second-order valence-corrected chi connectivity index (χ2v) is 5.04. The highest BCUT2D eigenvalue weighted by Crippen LogP contribution is 2.23. The van der Waals surface area contributed by atoms with Gasteiger partial charge in [0.15, 0.2) is 11.7 Å². The largest absolute Gasteiger partial charge is 0.441 e. The normalized spacial score (nSPS) is 10.8. The van der Waals surface area contributed by atoms with Gasteiger partial charge in [-0.3, -0.25) is 0 Å². The molecule has 1 aromatic heterocycles. The molecule has 1 heterocycles. The Morgan fingerprint density at radius 2 is 2.22 bits per heavy atom. The quantitative estimate of drug-likeness (QED) is 0.828. The molecule has 0 aliphatic heterocycles. The van der Waals surface area contributed by atoms with Crippen LogP contribution >= 0.6 is 15.9 Å². The van der Waals surface area contributed by atoms with Gasteiger partial charge >= 0.3 is 0 Å². The van der Waals surface area contributed by atoms with Crippen LogP contribution in [0.25, 0.3) is 11.3 Å². The number of benzene rings is 1. The lowest BCUT2D eigenvalue weighted by molar-refractivity contribution is 0.495. The van der Waals surface area contributed by atoms with E-state index >= 15 is 0 Å². The van der Waals surface area contributed by atoms with Gasteiger partial charge in [0.2, 0.25) is 0 Å². The summed E-state index contributed by atoms with van der Waals surface area (Å²) >= 11 is 3.45. The Morgan fingerprint density at radius 3 is 3.00 bits per heavy atom. The first-order valence-corrected chi connectivity index (χ1v) is 7.00. The monoisotopic (exact) mass is 308 g/mol. The molecule has 0 aliphatic rings. The molecule has 0 fully saturated rings. The Kier molecular flexibility index (Phi) is 4.96. The Hall–Kier alpha value is -1.13. The van der Waals surface area contributed by atoms with Crippen molar-refractivity contribution in [1.29, 1.82) is 0 Å². The Balaban J connectivity index is 1.97. The summed E-state index contributed by atoms with van der Waals surface area (Å²) in [6.07, 6.45) is 3.76. The maximum atomic E-state index is 5.73. The average Bonchev–Trinajstić information content (AvgIpc) is 2.83. The van der Waals surface area contributed by atoms with Crippen molar-refractivity contribution in [1.82, 2.24) is 10.3 Å². The van der Waals surface area contributed by atoms with E-state index < -0.39 is 0 Å². The van der Waals surface area contributed by atoms with Crippen molar-refractivity contribution in [3.05, 3.63) is 40.8 Å². The minimum Gasteiger partial charge on any atom is -0.441 e. The van der Waals surface area contributed by atoms with Gasteiger partial charge in [0.1, 0.15) is 0 Å². The second-order valence-electron chi connectivity index (χ2n) is 4.13. The molecule has 96 valence electrons. The first-order valence-electron chi connectivity index (χ1n) is 6.21. The number of halogens is 1. The average molecular weight is 309 g/mol. The van der Waals surface area contributed by atoms with Crippen molar-refractivity contribution in [3.8, 4) is 11.3 Å². The molecule has 1 aromatic carbocycles. The van der Waals surface area contributed by atoms with Crippen LogP contribution < -0.4 is 5.32 Å². The van der Waals surface area contributed by atoms with Crippen LogP contribution in [-0.4, -0.2) is 18.1 Å². The van der Waals surface area contributed by atoms with E-state index in [-0.39, 0.29) is 0 Å². The van der Waals surface area contributed by atoms with Crippen molar-refractivity contribution >= 4 is 15.9 Å². The van der Waals surface area contributed by atoms with Crippen molar-refractivity contribution in [2.24, 2.45) is 0 Å². The molecular formula is C14H17BrN2O. The van der Waals surface area contributed by atoms with E-state index in [0.29, 0.717) is 0 Å². The second kappa shape index (κ2) is 6.71. The summed E-state index contributed by atoms with van der Waals surface area (Å²) < 4.78 is 6.78.